The summed E-state index contributed by atoms with van der Waals surface area (Å²) in [7, 11) is 1.62. The molecule has 4 nitrogen and oxygen atoms in total. The molecule has 0 aliphatic heterocycles. The van der Waals surface area contributed by atoms with Crippen molar-refractivity contribution in [2.45, 2.75) is 6.61 Å². The van der Waals surface area contributed by atoms with Gasteiger partial charge in [0.15, 0.2) is 12.4 Å². The zero-order valence-electron chi connectivity index (χ0n) is 12.0. The van der Waals surface area contributed by atoms with Crippen molar-refractivity contribution >= 4 is 11.6 Å². The number of methoxy groups -OCH3 is 1. The fraction of sp³-hybridized carbons (Fsp3) is 0.118. The lowest BCUT2D eigenvalue weighted by Crippen LogP contribution is -1.95. The third kappa shape index (κ3) is 3.40. The third-order valence-corrected chi connectivity index (χ3v) is 3.34. The van der Waals surface area contributed by atoms with Crippen LogP contribution in [0.5, 0.6) is 11.5 Å². The van der Waals surface area contributed by atoms with Crippen molar-refractivity contribution in [2.24, 2.45) is 0 Å². The highest BCUT2D eigenvalue weighted by atomic mass is 35.5. The first-order chi connectivity index (χ1) is 10.7. The van der Waals surface area contributed by atoms with E-state index in [9.17, 15) is 0 Å². The highest BCUT2D eigenvalue weighted by molar-refractivity contribution is 6.30. The van der Waals surface area contributed by atoms with Crippen LogP contribution < -0.4 is 9.47 Å². The van der Waals surface area contributed by atoms with Crippen LogP contribution in [0, 0.1) is 0 Å². The number of hydrogen-bond acceptors (Lipinski definition) is 4. The molecule has 2 aromatic carbocycles. The Hall–Kier alpha value is -2.46. The Morgan fingerprint density at radius 2 is 1.86 bits per heavy atom. The first kappa shape index (κ1) is 14.5. The number of rotatable bonds is 5. The van der Waals surface area contributed by atoms with Crippen molar-refractivity contribution in [1.82, 2.24) is 4.98 Å². The molecule has 0 atom stereocenters. The second-order valence-corrected chi connectivity index (χ2v) is 5.03. The number of halogens is 1. The molecule has 0 amide bonds. The largest absolute Gasteiger partial charge is 0.497 e. The molecule has 0 radical (unpaired) electrons. The molecule has 0 fully saturated rings. The van der Waals surface area contributed by atoms with Crippen LogP contribution in [-0.4, -0.2) is 12.1 Å². The topological polar surface area (TPSA) is 44.5 Å². The predicted molar refractivity (Wildman–Crippen MR) is 84.3 cm³/mol. The minimum atomic E-state index is 0.251. The van der Waals surface area contributed by atoms with Gasteiger partial charge >= 0.3 is 0 Å². The average Bonchev–Trinajstić information content (AvgIpc) is 3.03. The highest BCUT2D eigenvalue weighted by Gasteiger charge is 2.07. The standard InChI is InChI=1S/C17H14ClNO3/c1-20-14-3-2-4-15(9-14)21-11-17-19-10-16(22-17)12-5-7-13(18)8-6-12/h2-10H,11H2,1H3. The van der Waals surface area contributed by atoms with E-state index in [1.165, 1.54) is 0 Å². The van der Waals surface area contributed by atoms with E-state index < -0.39 is 0 Å². The molecule has 1 aromatic heterocycles. The number of benzene rings is 2. The van der Waals surface area contributed by atoms with Gasteiger partial charge in [0.05, 0.1) is 13.3 Å². The van der Waals surface area contributed by atoms with Gasteiger partial charge in [-0.1, -0.05) is 17.7 Å². The van der Waals surface area contributed by atoms with E-state index >= 15 is 0 Å². The number of oxazole rings is 1. The van der Waals surface area contributed by atoms with Crippen LogP contribution in [0.1, 0.15) is 5.89 Å². The molecule has 3 aromatic rings. The summed E-state index contributed by atoms with van der Waals surface area (Å²) in [6, 6.07) is 14.8. The molecule has 1 heterocycles. The predicted octanol–water partition coefficient (Wildman–Crippen LogP) is 4.58. The molecule has 112 valence electrons. The fourth-order valence-corrected chi connectivity index (χ4v) is 2.09. The van der Waals surface area contributed by atoms with E-state index in [-0.39, 0.29) is 6.61 Å². The van der Waals surface area contributed by atoms with Crippen molar-refractivity contribution in [2.75, 3.05) is 7.11 Å². The highest BCUT2D eigenvalue weighted by Crippen LogP contribution is 2.24. The van der Waals surface area contributed by atoms with Gasteiger partial charge in [0.1, 0.15) is 11.5 Å². The number of nitrogens with zero attached hydrogens (tertiary/aromatic N) is 1. The maximum absolute atomic E-state index is 5.87. The second kappa shape index (κ2) is 6.54. The van der Waals surface area contributed by atoms with Gasteiger partial charge in [-0.05, 0) is 36.4 Å². The Kier molecular flexibility index (Phi) is 4.30. The molecular formula is C17H14ClNO3. The molecule has 0 spiro atoms. The van der Waals surface area contributed by atoms with Crippen LogP contribution in [0.4, 0.5) is 0 Å². The Morgan fingerprint density at radius 3 is 2.64 bits per heavy atom. The van der Waals surface area contributed by atoms with Gasteiger partial charge in [0.25, 0.3) is 0 Å². The molecule has 3 rings (SSSR count). The summed E-state index contributed by atoms with van der Waals surface area (Å²) in [4.78, 5) is 4.22. The second-order valence-electron chi connectivity index (χ2n) is 4.59. The lowest BCUT2D eigenvalue weighted by Gasteiger charge is -2.05. The Labute approximate surface area is 133 Å². The molecule has 0 aliphatic carbocycles. The van der Waals surface area contributed by atoms with E-state index in [0.29, 0.717) is 22.4 Å². The summed E-state index contributed by atoms with van der Waals surface area (Å²) in [5.41, 5.74) is 0.921. The van der Waals surface area contributed by atoms with E-state index in [2.05, 4.69) is 4.98 Å². The SMILES string of the molecule is COc1cccc(OCc2ncc(-c3ccc(Cl)cc3)o2)c1. The van der Waals surface area contributed by atoms with Crippen LogP contribution in [0.25, 0.3) is 11.3 Å². The van der Waals surface area contributed by atoms with Crippen LogP contribution >= 0.6 is 11.6 Å². The number of hydrogen-bond donors (Lipinski definition) is 0. The van der Waals surface area contributed by atoms with Gasteiger partial charge in [-0.25, -0.2) is 4.98 Å². The average molecular weight is 316 g/mol. The van der Waals surface area contributed by atoms with E-state index in [1.54, 1.807) is 13.3 Å². The summed E-state index contributed by atoms with van der Waals surface area (Å²) in [6.45, 7) is 0.251. The van der Waals surface area contributed by atoms with Gasteiger partial charge in [-0.2, -0.15) is 0 Å². The first-order valence-corrected chi connectivity index (χ1v) is 7.10. The van der Waals surface area contributed by atoms with Gasteiger partial charge in [-0.3, -0.25) is 0 Å². The van der Waals surface area contributed by atoms with E-state index in [4.69, 9.17) is 25.5 Å². The molecular weight excluding hydrogens is 302 g/mol. The molecule has 0 N–H and O–H groups in total. The van der Waals surface area contributed by atoms with Crippen LogP contribution in [0.15, 0.2) is 59.1 Å². The van der Waals surface area contributed by atoms with Gasteiger partial charge in [-0.15, -0.1) is 0 Å². The Morgan fingerprint density at radius 1 is 1.09 bits per heavy atom. The van der Waals surface area contributed by atoms with Crippen molar-refractivity contribution in [3.8, 4) is 22.8 Å². The first-order valence-electron chi connectivity index (χ1n) is 6.72. The lowest BCUT2D eigenvalue weighted by atomic mass is 10.2. The number of ether oxygens (including phenoxy) is 2. The molecule has 0 bridgehead atoms. The summed E-state index contributed by atoms with van der Waals surface area (Å²) >= 11 is 5.87. The molecule has 0 unspecified atom stereocenters. The zero-order valence-corrected chi connectivity index (χ0v) is 12.7. The van der Waals surface area contributed by atoms with Gasteiger partial charge in [0.2, 0.25) is 5.89 Å². The molecule has 22 heavy (non-hydrogen) atoms. The van der Waals surface area contributed by atoms with Crippen LogP contribution in [0.2, 0.25) is 5.02 Å². The summed E-state index contributed by atoms with van der Waals surface area (Å²) in [5.74, 6) is 2.63. The maximum Gasteiger partial charge on any atom is 0.232 e. The lowest BCUT2D eigenvalue weighted by molar-refractivity contribution is 0.263. The Bertz CT molecular complexity index is 753. The van der Waals surface area contributed by atoms with Gasteiger partial charge < -0.3 is 13.9 Å². The fourth-order valence-electron chi connectivity index (χ4n) is 1.96. The summed E-state index contributed by atoms with van der Waals surface area (Å²) in [5, 5.41) is 0.685. The monoisotopic (exact) mass is 315 g/mol. The smallest absolute Gasteiger partial charge is 0.232 e. The van der Waals surface area contributed by atoms with Crippen molar-refractivity contribution in [3.05, 3.63) is 65.6 Å². The molecule has 0 saturated carbocycles. The molecule has 0 aliphatic rings. The quantitative estimate of drug-likeness (QED) is 0.691. The van der Waals surface area contributed by atoms with Crippen molar-refractivity contribution in [3.63, 3.8) is 0 Å². The molecule has 5 heteroatoms. The molecule has 0 saturated heterocycles. The minimum Gasteiger partial charge on any atom is -0.497 e. The zero-order chi connectivity index (χ0) is 15.4. The summed E-state index contributed by atoms with van der Waals surface area (Å²) in [6.07, 6.45) is 1.67. The maximum atomic E-state index is 5.87. The van der Waals surface area contributed by atoms with Crippen molar-refractivity contribution in [1.29, 1.82) is 0 Å². The summed E-state index contributed by atoms with van der Waals surface area (Å²) < 4.78 is 16.5. The Balaban J connectivity index is 1.67. The van der Waals surface area contributed by atoms with E-state index in [0.717, 1.165) is 11.3 Å². The van der Waals surface area contributed by atoms with Crippen LogP contribution in [0.3, 0.4) is 0 Å². The van der Waals surface area contributed by atoms with Gasteiger partial charge in [0, 0.05) is 16.7 Å². The van der Waals surface area contributed by atoms with E-state index in [1.807, 2.05) is 48.5 Å². The van der Waals surface area contributed by atoms with Crippen LogP contribution in [-0.2, 0) is 6.61 Å². The van der Waals surface area contributed by atoms with Crippen molar-refractivity contribution < 1.29 is 13.9 Å². The normalized spacial score (nSPS) is 10.5. The minimum absolute atomic E-state index is 0.251. The third-order valence-electron chi connectivity index (χ3n) is 3.09. The number of aromatic nitrogens is 1.